The highest BCUT2D eigenvalue weighted by molar-refractivity contribution is 6.01. The van der Waals surface area contributed by atoms with Gasteiger partial charge in [0.05, 0.1) is 59.2 Å². The molecule has 3 amide bonds. The van der Waals surface area contributed by atoms with Crippen LogP contribution in [0.1, 0.15) is 260 Å². The minimum absolute atomic E-state index is 0.118. The summed E-state index contributed by atoms with van der Waals surface area (Å²) in [7, 11) is -1.00. The molecule has 90 heavy (non-hydrogen) atoms. The Labute approximate surface area is 540 Å². The van der Waals surface area contributed by atoms with E-state index in [4.69, 9.17) is 31.2 Å². The molecule has 3 fully saturated rings. The lowest BCUT2D eigenvalue weighted by Crippen LogP contribution is -2.60. The Balaban J connectivity index is 0. The van der Waals surface area contributed by atoms with E-state index in [9.17, 15) is 74.6 Å². The topological polar surface area (TPSA) is 378 Å². The highest BCUT2D eigenvalue weighted by Gasteiger charge is 2.45. The van der Waals surface area contributed by atoms with E-state index < -0.39 is 112 Å². The van der Waals surface area contributed by atoms with Gasteiger partial charge >= 0.3 is 5.97 Å². The number of aliphatic hydroxyl groups excluding tert-OH is 10. The third-order valence-electron chi connectivity index (χ3n) is 15.8. The van der Waals surface area contributed by atoms with Gasteiger partial charge in [0.1, 0.15) is 48.8 Å². The van der Waals surface area contributed by atoms with E-state index in [1.165, 1.54) is 128 Å². The Hall–Kier alpha value is -3.11. The fourth-order valence-electron chi connectivity index (χ4n) is 9.94. The zero-order valence-corrected chi connectivity index (χ0v) is 55.5. The number of ether oxygens (including phenoxy) is 4. The Kier molecular flexibility index (Phi) is 58.7. The van der Waals surface area contributed by atoms with Gasteiger partial charge in [0.15, 0.2) is 12.6 Å². The average Bonchev–Trinajstić information content (AvgIpc) is 2.53. The maximum absolute atomic E-state index is 12.5. The number of alkyl halides is 1. The lowest BCUT2D eigenvalue weighted by atomic mass is 9.99. The Bertz CT molecular complexity index is 1770. The van der Waals surface area contributed by atoms with Crippen molar-refractivity contribution in [2.24, 2.45) is 5.73 Å². The largest absolute Gasteiger partial charge is 0.481 e. The minimum Gasteiger partial charge on any atom is -0.481 e. The van der Waals surface area contributed by atoms with Gasteiger partial charge in [-0.15, -0.1) is 0 Å². The molecule has 0 radical (unpaired) electrons. The second kappa shape index (κ2) is 60.8. The molecule has 0 aromatic heterocycles. The smallest absolute Gasteiger partial charge is 0.303 e. The number of halogens is 1. The van der Waals surface area contributed by atoms with Crippen molar-refractivity contribution < 1.29 is 100 Å². The molecular weight excluding hydrogens is 1170 g/mol. The van der Waals surface area contributed by atoms with Crippen molar-refractivity contribution in [2.75, 3.05) is 33.6 Å². The third kappa shape index (κ3) is 46.1. The van der Waals surface area contributed by atoms with Gasteiger partial charge in [0.2, 0.25) is 17.7 Å². The standard InChI is InChI=1S/C31H59NO8.C24H47NO7.C7H14O2.C4H5NO2.CH3F/c1-3-5-7-9-10-11-12-13-14-15-16-17-18-20-25(34)24(32-27(35)21-19-8-6-4-2)23-39-31-30(38)29(37)28(36)26(22-33)40-31;1-2-3-4-5-6-7-8-9-10-11-12-13-14-15-19(27)18(25)17-31-24-23(30)22(29)21(28)20(16-26)32-24;1-2-3-4-5-6-7(8)9;6-3-1-2-4(7)5-3;1-2/h18,20,24-26,28-31,33-34,36-38H,3-17,19,21-23H2,1-2H3,(H,32,35);14-15,18-24,26-30H,2-13,16-17,25H2,1H3;2-6H2,1H3,(H,8,9);1-2H2,(H,5,6,7);1H3/b20-18+;15-14+;;;/t24-,25+,26?,28?,29?,30?,31?;18-,19+,20?,21?,22?,23?,24?;;;/m00.../s1/i;;;;1D. The van der Waals surface area contributed by atoms with Gasteiger partial charge in [-0.3, -0.25) is 28.9 Å². The van der Waals surface area contributed by atoms with Gasteiger partial charge < -0.3 is 86.2 Å². The van der Waals surface area contributed by atoms with Crippen LogP contribution >= 0.6 is 0 Å². The van der Waals surface area contributed by atoms with E-state index in [0.717, 1.165) is 77.0 Å². The summed E-state index contributed by atoms with van der Waals surface area (Å²) in [6, 6.07) is -1.53. The summed E-state index contributed by atoms with van der Waals surface area (Å²) < 4.78 is 37.2. The van der Waals surface area contributed by atoms with Crippen molar-refractivity contribution in [1.82, 2.24) is 10.6 Å². The highest BCUT2D eigenvalue weighted by atomic mass is 19.1. The van der Waals surface area contributed by atoms with Crippen LogP contribution in [0.15, 0.2) is 24.3 Å². The summed E-state index contributed by atoms with van der Waals surface area (Å²) in [5.74, 6) is -1.17. The number of rotatable bonds is 47. The van der Waals surface area contributed by atoms with Crippen LogP contribution in [0, 0.1) is 0 Å². The lowest BCUT2D eigenvalue weighted by Gasteiger charge is -2.40. The van der Waals surface area contributed by atoms with Gasteiger partial charge in [-0.25, -0.2) is 0 Å². The van der Waals surface area contributed by atoms with Crippen LogP contribution in [0.3, 0.4) is 0 Å². The number of aliphatic carboxylic acids is 1. The van der Waals surface area contributed by atoms with E-state index in [0.29, 0.717) is 25.7 Å². The normalized spacial score (nSPS) is 23.8. The van der Waals surface area contributed by atoms with E-state index in [-0.39, 0.29) is 30.9 Å². The minimum atomic E-state index is -1.56. The fraction of sp³-hybridized carbons (Fsp3) is 0.881. The molecule has 14 atom stereocenters. The molecule has 10 unspecified atom stereocenters. The van der Waals surface area contributed by atoms with Crippen LogP contribution in [0.25, 0.3) is 0 Å². The van der Waals surface area contributed by atoms with Gasteiger partial charge in [-0.05, 0) is 38.5 Å². The monoisotopic (exact) mass is 1300 g/mol. The number of hydrogen-bond acceptors (Lipinski definition) is 19. The molecule has 22 nitrogen and oxygen atoms in total. The van der Waals surface area contributed by atoms with Crippen LogP contribution in [-0.2, 0) is 38.1 Å². The number of hydrogen-bond donors (Lipinski definition) is 14. The number of aliphatic hydroxyl groups is 10. The van der Waals surface area contributed by atoms with Gasteiger partial charge in [0, 0.05) is 25.7 Å². The van der Waals surface area contributed by atoms with Gasteiger partial charge in [-0.1, -0.05) is 219 Å². The van der Waals surface area contributed by atoms with Crippen molar-refractivity contribution in [3.63, 3.8) is 0 Å². The first-order valence-corrected chi connectivity index (χ1v) is 34.2. The molecule has 532 valence electrons. The van der Waals surface area contributed by atoms with Crippen molar-refractivity contribution in [3.05, 3.63) is 24.3 Å². The summed E-state index contributed by atoms with van der Waals surface area (Å²) in [6.45, 7) is 7.30. The number of unbranched alkanes of at least 4 members (excludes halogenated alkanes) is 28. The van der Waals surface area contributed by atoms with Crippen molar-refractivity contribution >= 4 is 23.7 Å². The second-order valence-electron chi connectivity index (χ2n) is 23.9. The van der Waals surface area contributed by atoms with Crippen molar-refractivity contribution in [2.45, 2.75) is 345 Å². The molecule has 0 aromatic carbocycles. The maximum atomic E-state index is 12.5. The van der Waals surface area contributed by atoms with Gasteiger partial charge in [0.25, 0.3) is 0 Å². The first kappa shape index (κ1) is 86.9. The number of carbonyl (C=O) groups is 4. The molecule has 3 aliphatic heterocycles. The molecule has 3 saturated heterocycles. The quantitative estimate of drug-likeness (QED) is 0.0158. The zero-order valence-electron chi connectivity index (χ0n) is 56.5. The molecule has 3 heterocycles. The summed E-state index contributed by atoms with van der Waals surface area (Å²) in [4.78, 5) is 42.7. The van der Waals surface area contributed by atoms with Crippen molar-refractivity contribution in [1.29, 1.82) is 0 Å². The number of carbonyl (C=O) groups excluding carboxylic acids is 3. The first-order chi connectivity index (χ1) is 43.7. The molecule has 0 spiro atoms. The SMILES string of the molecule is CCCCCCC(=O)O.CCCCCCCCCCCCC/C=C/[C@@H](O)[C@@H](N)COC1OC(CO)C(O)C(O)C1O.CCCCCCCCCCCCC/C=C/[C@@H](O)[C@H](COC1OC(CO)C(O)C(O)C1O)NC(=O)CCCCCC.O=C1CCC(=O)N1.[2H]CF. The van der Waals surface area contributed by atoms with E-state index in [1.807, 2.05) is 12.2 Å². The lowest BCUT2D eigenvalue weighted by molar-refractivity contribution is -0.302. The van der Waals surface area contributed by atoms with Gasteiger partial charge in [-0.2, -0.15) is 0 Å². The molecule has 0 bridgehead atoms. The summed E-state index contributed by atoms with van der Waals surface area (Å²) in [5.41, 5.74) is 5.93. The Morgan fingerprint density at radius 1 is 0.556 bits per heavy atom. The predicted molar refractivity (Wildman–Crippen MR) is 346 cm³/mol. The summed E-state index contributed by atoms with van der Waals surface area (Å²) in [5, 5.41) is 112. The summed E-state index contributed by atoms with van der Waals surface area (Å²) >= 11 is 0. The molecule has 0 aromatic rings. The Morgan fingerprint density at radius 2 is 0.889 bits per heavy atom. The molecule has 23 heteroatoms. The van der Waals surface area contributed by atoms with Crippen molar-refractivity contribution in [3.8, 4) is 0 Å². The van der Waals surface area contributed by atoms with E-state index in [2.05, 4.69) is 38.3 Å². The first-order valence-electron chi connectivity index (χ1n) is 34.9. The third-order valence-corrected chi connectivity index (χ3v) is 15.8. The number of nitrogens with two attached hydrogens (primary N) is 1. The number of allylic oxidation sites excluding steroid dienone is 2. The molecule has 0 saturated carbocycles. The highest BCUT2D eigenvalue weighted by Crippen LogP contribution is 2.24. The van der Waals surface area contributed by atoms with Crippen LogP contribution in [0.4, 0.5) is 4.39 Å². The second-order valence-corrected chi connectivity index (χ2v) is 23.9. The molecule has 3 aliphatic rings. The average molecular weight is 1300 g/mol. The molecular formula is C67H128FN3O19. The molecule has 0 aliphatic carbocycles. The number of amides is 3. The maximum Gasteiger partial charge on any atom is 0.303 e. The molecule has 3 rings (SSSR count). The fourth-order valence-corrected chi connectivity index (χ4v) is 9.94. The number of carboxylic acids is 1. The van der Waals surface area contributed by atoms with Crippen LogP contribution < -0.4 is 16.4 Å². The number of carboxylic acid groups (broad SMARTS) is 1. The van der Waals surface area contributed by atoms with Crippen LogP contribution in [0.2, 0.25) is 0 Å². The van der Waals surface area contributed by atoms with Crippen LogP contribution in [0.5, 0.6) is 0 Å². The van der Waals surface area contributed by atoms with E-state index >= 15 is 0 Å². The number of imide groups is 1. The van der Waals surface area contributed by atoms with E-state index in [1.54, 1.807) is 12.2 Å². The number of nitrogens with one attached hydrogen (secondary N) is 2. The zero-order chi connectivity index (χ0) is 68.5. The Morgan fingerprint density at radius 3 is 1.23 bits per heavy atom. The van der Waals surface area contributed by atoms with Crippen LogP contribution in [-0.4, -0.2) is 199 Å². The predicted octanol–water partition coefficient (Wildman–Crippen LogP) is 7.67. The molecule has 15 N–H and O–H groups in total. The summed E-state index contributed by atoms with van der Waals surface area (Å²) in [6.07, 6.45) is 30.9.